The van der Waals surface area contributed by atoms with Crippen LogP contribution in [0.15, 0.2) is 18.2 Å². The fourth-order valence-electron chi connectivity index (χ4n) is 3.09. The zero-order chi connectivity index (χ0) is 13.3. The van der Waals surface area contributed by atoms with Crippen LogP contribution in [0, 0.1) is 24.6 Å². The molecule has 18 heavy (non-hydrogen) atoms. The van der Waals surface area contributed by atoms with Gasteiger partial charge in [0.05, 0.1) is 5.60 Å². The lowest BCUT2D eigenvalue weighted by Gasteiger charge is -2.38. The molecule has 0 amide bonds. The maximum atomic E-state index is 13.6. The van der Waals surface area contributed by atoms with E-state index >= 15 is 0 Å². The molecule has 0 radical (unpaired) electrons. The van der Waals surface area contributed by atoms with Crippen molar-refractivity contribution >= 4 is 0 Å². The summed E-state index contributed by atoms with van der Waals surface area (Å²) in [6.45, 7) is 5.81. The Labute approximate surface area is 109 Å². The van der Waals surface area contributed by atoms with Crippen LogP contribution in [0.1, 0.15) is 50.7 Å². The second-order valence-corrected chi connectivity index (χ2v) is 6.08. The molecule has 100 valence electrons. The summed E-state index contributed by atoms with van der Waals surface area (Å²) in [5, 5.41) is 10.8. The Balaban J connectivity index is 2.25. The highest BCUT2D eigenvalue weighted by atomic mass is 19.1. The summed E-state index contributed by atoms with van der Waals surface area (Å²) in [5.74, 6) is 0.672. The van der Waals surface area contributed by atoms with E-state index in [2.05, 4.69) is 6.92 Å². The van der Waals surface area contributed by atoms with Crippen LogP contribution in [0.3, 0.4) is 0 Å². The summed E-state index contributed by atoms with van der Waals surface area (Å²) in [4.78, 5) is 0. The van der Waals surface area contributed by atoms with E-state index in [-0.39, 0.29) is 11.7 Å². The Hall–Kier alpha value is -0.890. The van der Waals surface area contributed by atoms with E-state index in [0.717, 1.165) is 19.3 Å². The molecule has 3 unspecified atom stereocenters. The normalized spacial score (nSPS) is 27.8. The minimum atomic E-state index is -0.913. The molecule has 1 N–H and O–H groups in total. The van der Waals surface area contributed by atoms with Crippen molar-refractivity contribution in [2.24, 2.45) is 11.8 Å². The highest BCUT2D eigenvalue weighted by molar-refractivity contribution is 5.28. The third-order valence-corrected chi connectivity index (χ3v) is 4.49. The van der Waals surface area contributed by atoms with Crippen molar-refractivity contribution in [2.75, 3.05) is 0 Å². The van der Waals surface area contributed by atoms with Gasteiger partial charge < -0.3 is 5.11 Å². The van der Waals surface area contributed by atoms with Crippen molar-refractivity contribution in [3.05, 3.63) is 35.1 Å². The van der Waals surface area contributed by atoms with Crippen LogP contribution in [0.4, 0.5) is 4.39 Å². The van der Waals surface area contributed by atoms with Crippen LogP contribution in [-0.2, 0) is 5.60 Å². The minimum Gasteiger partial charge on any atom is -0.385 e. The van der Waals surface area contributed by atoms with Gasteiger partial charge in [0.25, 0.3) is 0 Å². The monoisotopic (exact) mass is 250 g/mol. The van der Waals surface area contributed by atoms with Crippen LogP contribution in [-0.4, -0.2) is 5.11 Å². The molecule has 0 heterocycles. The standard InChI is InChI=1S/C16H23FO/c1-11-5-4-6-13(9-11)16(3,18)14-8-7-12(2)15(17)10-14/h7-8,10-11,13,18H,4-6,9H2,1-3H3. The molecule has 1 fully saturated rings. The first-order valence-corrected chi connectivity index (χ1v) is 6.90. The lowest BCUT2D eigenvalue weighted by Crippen LogP contribution is -2.35. The van der Waals surface area contributed by atoms with Gasteiger partial charge in [0, 0.05) is 0 Å². The van der Waals surface area contributed by atoms with Crippen LogP contribution in [0.5, 0.6) is 0 Å². The summed E-state index contributed by atoms with van der Waals surface area (Å²) in [6.07, 6.45) is 4.47. The van der Waals surface area contributed by atoms with E-state index in [1.54, 1.807) is 13.0 Å². The van der Waals surface area contributed by atoms with E-state index in [1.807, 2.05) is 13.0 Å². The quantitative estimate of drug-likeness (QED) is 0.835. The fraction of sp³-hybridized carbons (Fsp3) is 0.625. The second kappa shape index (κ2) is 5.00. The first-order valence-electron chi connectivity index (χ1n) is 6.90. The van der Waals surface area contributed by atoms with Gasteiger partial charge in [0.2, 0.25) is 0 Å². The fourth-order valence-corrected chi connectivity index (χ4v) is 3.09. The molecule has 2 rings (SSSR count). The number of aryl methyl sites for hydroxylation is 1. The predicted molar refractivity (Wildman–Crippen MR) is 71.8 cm³/mol. The Kier molecular flexibility index (Phi) is 3.76. The van der Waals surface area contributed by atoms with Gasteiger partial charge in [-0.3, -0.25) is 0 Å². The zero-order valence-electron chi connectivity index (χ0n) is 11.5. The zero-order valence-corrected chi connectivity index (χ0v) is 11.5. The SMILES string of the molecule is Cc1ccc(C(C)(O)C2CCCC(C)C2)cc1F. The highest BCUT2D eigenvalue weighted by Crippen LogP contribution is 2.41. The molecule has 1 aromatic rings. The average Bonchev–Trinajstić information content (AvgIpc) is 2.32. The van der Waals surface area contributed by atoms with Gasteiger partial charge in [-0.25, -0.2) is 4.39 Å². The van der Waals surface area contributed by atoms with E-state index < -0.39 is 5.60 Å². The molecule has 0 aliphatic heterocycles. The van der Waals surface area contributed by atoms with Gasteiger partial charge in [-0.05, 0) is 55.7 Å². The van der Waals surface area contributed by atoms with Crippen LogP contribution in [0.2, 0.25) is 0 Å². The smallest absolute Gasteiger partial charge is 0.126 e. The third-order valence-electron chi connectivity index (χ3n) is 4.49. The van der Waals surface area contributed by atoms with Crippen molar-refractivity contribution in [2.45, 2.75) is 52.1 Å². The number of halogens is 1. The topological polar surface area (TPSA) is 20.2 Å². The third kappa shape index (κ3) is 2.59. The number of hydrogen-bond donors (Lipinski definition) is 1. The van der Waals surface area contributed by atoms with Gasteiger partial charge in [0.1, 0.15) is 5.82 Å². The molecule has 0 aromatic heterocycles. The molecule has 3 atom stereocenters. The van der Waals surface area contributed by atoms with Crippen molar-refractivity contribution in [3.63, 3.8) is 0 Å². The first-order chi connectivity index (χ1) is 8.41. The summed E-state index contributed by atoms with van der Waals surface area (Å²) in [7, 11) is 0. The summed E-state index contributed by atoms with van der Waals surface area (Å²) in [5.41, 5.74) is 0.430. The molecule has 1 aliphatic rings. The van der Waals surface area contributed by atoms with E-state index in [4.69, 9.17) is 0 Å². The minimum absolute atomic E-state index is 0.225. The molecule has 2 heteroatoms. The van der Waals surface area contributed by atoms with E-state index in [0.29, 0.717) is 17.0 Å². The molecule has 1 nitrogen and oxygen atoms in total. The Bertz CT molecular complexity index is 425. The molecular formula is C16H23FO. The first kappa shape index (κ1) is 13.5. The van der Waals surface area contributed by atoms with Gasteiger partial charge in [-0.15, -0.1) is 0 Å². The van der Waals surface area contributed by atoms with Crippen LogP contribution < -0.4 is 0 Å². The lowest BCUT2D eigenvalue weighted by atomic mass is 9.71. The maximum absolute atomic E-state index is 13.6. The number of rotatable bonds is 2. The van der Waals surface area contributed by atoms with Gasteiger partial charge in [-0.2, -0.15) is 0 Å². The molecular weight excluding hydrogens is 227 g/mol. The lowest BCUT2D eigenvalue weighted by molar-refractivity contribution is -0.0296. The molecule has 0 saturated heterocycles. The molecule has 1 aliphatic carbocycles. The summed E-state index contributed by atoms with van der Waals surface area (Å²) in [6, 6.07) is 5.11. The summed E-state index contributed by atoms with van der Waals surface area (Å²) < 4.78 is 13.6. The van der Waals surface area contributed by atoms with Crippen molar-refractivity contribution in [1.29, 1.82) is 0 Å². The Morgan fingerprint density at radius 2 is 2.06 bits per heavy atom. The van der Waals surface area contributed by atoms with Crippen molar-refractivity contribution < 1.29 is 9.50 Å². The average molecular weight is 250 g/mol. The van der Waals surface area contributed by atoms with Crippen LogP contribution >= 0.6 is 0 Å². The van der Waals surface area contributed by atoms with E-state index in [1.165, 1.54) is 12.5 Å². The van der Waals surface area contributed by atoms with Gasteiger partial charge >= 0.3 is 0 Å². The summed E-state index contributed by atoms with van der Waals surface area (Å²) >= 11 is 0. The predicted octanol–water partition coefficient (Wildman–Crippen LogP) is 4.17. The number of hydrogen-bond acceptors (Lipinski definition) is 1. The molecule has 1 aromatic carbocycles. The number of benzene rings is 1. The van der Waals surface area contributed by atoms with Gasteiger partial charge in [0.15, 0.2) is 0 Å². The van der Waals surface area contributed by atoms with Crippen molar-refractivity contribution in [1.82, 2.24) is 0 Å². The van der Waals surface area contributed by atoms with Crippen LogP contribution in [0.25, 0.3) is 0 Å². The van der Waals surface area contributed by atoms with E-state index in [9.17, 15) is 9.50 Å². The largest absolute Gasteiger partial charge is 0.385 e. The van der Waals surface area contributed by atoms with Gasteiger partial charge in [-0.1, -0.05) is 31.9 Å². The Morgan fingerprint density at radius 1 is 1.33 bits per heavy atom. The van der Waals surface area contributed by atoms with Crippen molar-refractivity contribution in [3.8, 4) is 0 Å². The molecule has 1 saturated carbocycles. The highest BCUT2D eigenvalue weighted by Gasteiger charge is 2.36. The Morgan fingerprint density at radius 3 is 2.67 bits per heavy atom. The number of aliphatic hydroxyl groups is 1. The maximum Gasteiger partial charge on any atom is 0.126 e. The molecule has 0 spiro atoms. The molecule has 0 bridgehead atoms. The second-order valence-electron chi connectivity index (χ2n) is 6.08.